The summed E-state index contributed by atoms with van der Waals surface area (Å²) >= 11 is 0. The van der Waals surface area contributed by atoms with Crippen LogP contribution in [0.2, 0.25) is 0 Å². The Bertz CT molecular complexity index is 125. The Labute approximate surface area is 47.5 Å². The van der Waals surface area contributed by atoms with Gasteiger partial charge in [0.05, 0.1) is 0 Å². The second-order valence-electron chi connectivity index (χ2n) is 1.29. The van der Waals surface area contributed by atoms with Crippen LogP contribution in [0, 0.1) is 18.3 Å². The van der Waals surface area contributed by atoms with Crippen LogP contribution in [0.4, 0.5) is 0 Å². The largest absolute Gasteiger partial charge is 0.480 e. The lowest BCUT2D eigenvalue weighted by atomic mass is 10.2. The maximum absolute atomic E-state index is 9.94. The number of hydrogen-bond donors (Lipinski definition) is 2. The quantitative estimate of drug-likeness (QED) is 0.464. The van der Waals surface area contributed by atoms with Gasteiger partial charge in [0.25, 0.3) is 0 Å². The van der Waals surface area contributed by atoms with Gasteiger partial charge >= 0.3 is 5.97 Å². The fourth-order valence-electron chi connectivity index (χ4n) is 0.240. The SMILES string of the molecule is C#C[C@H](CN)C(=O)O. The van der Waals surface area contributed by atoms with E-state index in [2.05, 4.69) is 0 Å². The second-order valence-corrected chi connectivity index (χ2v) is 1.29. The van der Waals surface area contributed by atoms with Crippen molar-refractivity contribution in [3.8, 4) is 12.3 Å². The molecule has 3 nitrogen and oxygen atoms in total. The third-order valence-corrected chi connectivity index (χ3v) is 0.735. The van der Waals surface area contributed by atoms with Crippen LogP contribution in [0.1, 0.15) is 0 Å². The third kappa shape index (κ3) is 1.63. The van der Waals surface area contributed by atoms with Gasteiger partial charge in [0.1, 0.15) is 5.92 Å². The number of carbonyl (C=O) groups is 1. The van der Waals surface area contributed by atoms with E-state index in [9.17, 15) is 4.79 Å². The molecule has 0 fully saturated rings. The first kappa shape index (κ1) is 6.99. The lowest BCUT2D eigenvalue weighted by Crippen LogP contribution is -2.21. The van der Waals surface area contributed by atoms with Crippen LogP contribution in [-0.2, 0) is 4.79 Å². The van der Waals surface area contributed by atoms with E-state index in [1.54, 1.807) is 0 Å². The molecule has 0 rings (SSSR count). The monoisotopic (exact) mass is 113 g/mol. The lowest BCUT2D eigenvalue weighted by molar-refractivity contribution is -0.139. The first-order valence-corrected chi connectivity index (χ1v) is 2.11. The minimum absolute atomic E-state index is 0.00579. The molecule has 0 aliphatic heterocycles. The summed E-state index contributed by atoms with van der Waals surface area (Å²) in [5, 5.41) is 8.15. The van der Waals surface area contributed by atoms with Gasteiger partial charge in [-0.15, -0.1) is 6.42 Å². The Morgan fingerprint density at radius 3 is 2.50 bits per heavy atom. The van der Waals surface area contributed by atoms with Crippen LogP contribution in [0.15, 0.2) is 0 Å². The molecule has 0 aromatic carbocycles. The van der Waals surface area contributed by atoms with Gasteiger partial charge in [-0.05, 0) is 0 Å². The van der Waals surface area contributed by atoms with E-state index in [1.807, 2.05) is 5.92 Å². The topological polar surface area (TPSA) is 63.3 Å². The molecule has 0 aromatic heterocycles. The molecule has 0 saturated heterocycles. The summed E-state index contributed by atoms with van der Waals surface area (Å²) in [7, 11) is 0. The van der Waals surface area contributed by atoms with Crippen molar-refractivity contribution >= 4 is 5.97 Å². The molecule has 0 aromatic rings. The van der Waals surface area contributed by atoms with Crippen LogP contribution in [0.25, 0.3) is 0 Å². The predicted octanol–water partition coefficient (Wildman–Crippen LogP) is -0.721. The summed E-state index contributed by atoms with van der Waals surface area (Å²) in [6.07, 6.45) is 4.77. The molecule has 8 heavy (non-hydrogen) atoms. The highest BCUT2D eigenvalue weighted by molar-refractivity contribution is 5.73. The maximum atomic E-state index is 9.94. The molecular weight excluding hydrogens is 106 g/mol. The first-order chi connectivity index (χ1) is 3.72. The van der Waals surface area contributed by atoms with Crippen LogP contribution < -0.4 is 5.73 Å². The molecule has 0 radical (unpaired) electrons. The molecular formula is C5H7NO2. The third-order valence-electron chi connectivity index (χ3n) is 0.735. The van der Waals surface area contributed by atoms with Crippen LogP contribution in [0.3, 0.4) is 0 Å². The van der Waals surface area contributed by atoms with E-state index < -0.39 is 11.9 Å². The summed E-state index contributed by atoms with van der Waals surface area (Å²) in [5.41, 5.74) is 4.96. The minimum Gasteiger partial charge on any atom is -0.480 e. The zero-order valence-corrected chi connectivity index (χ0v) is 4.29. The van der Waals surface area contributed by atoms with Crippen molar-refractivity contribution in [2.75, 3.05) is 6.54 Å². The standard InChI is InChI=1S/C5H7NO2/c1-2-4(3-6)5(7)8/h1,4H,3,6H2,(H,7,8)/t4-/m1/s1. The maximum Gasteiger partial charge on any atom is 0.319 e. The lowest BCUT2D eigenvalue weighted by Gasteiger charge is -1.96. The highest BCUT2D eigenvalue weighted by Gasteiger charge is 2.09. The number of hydrogen-bond acceptors (Lipinski definition) is 2. The average Bonchev–Trinajstić information content (AvgIpc) is 1.69. The van der Waals surface area contributed by atoms with E-state index in [4.69, 9.17) is 17.3 Å². The van der Waals surface area contributed by atoms with Crippen molar-refractivity contribution in [3.63, 3.8) is 0 Å². The first-order valence-electron chi connectivity index (χ1n) is 2.11. The second kappa shape index (κ2) is 3.05. The summed E-state index contributed by atoms with van der Waals surface area (Å²) in [6.45, 7) is 0.00579. The summed E-state index contributed by atoms with van der Waals surface area (Å²) in [5.74, 6) is 0.170. The molecule has 0 unspecified atom stereocenters. The van der Waals surface area contributed by atoms with E-state index in [-0.39, 0.29) is 6.54 Å². The Morgan fingerprint density at radius 1 is 2.00 bits per heavy atom. The number of aliphatic carboxylic acids is 1. The molecule has 0 heterocycles. The molecule has 0 aliphatic rings. The Morgan fingerprint density at radius 2 is 2.50 bits per heavy atom. The molecule has 0 spiro atoms. The number of terminal acetylenes is 1. The zero-order valence-electron chi connectivity index (χ0n) is 4.29. The fraction of sp³-hybridized carbons (Fsp3) is 0.400. The normalized spacial score (nSPS) is 12.0. The smallest absolute Gasteiger partial charge is 0.319 e. The van der Waals surface area contributed by atoms with Gasteiger partial charge < -0.3 is 10.8 Å². The van der Waals surface area contributed by atoms with Gasteiger partial charge in [0.15, 0.2) is 0 Å². The Hall–Kier alpha value is -1.01. The van der Waals surface area contributed by atoms with Crippen molar-refractivity contribution in [2.45, 2.75) is 0 Å². The zero-order chi connectivity index (χ0) is 6.57. The number of carboxylic acid groups (broad SMARTS) is 1. The molecule has 0 amide bonds. The van der Waals surface area contributed by atoms with E-state index in [0.717, 1.165) is 0 Å². The van der Waals surface area contributed by atoms with Gasteiger partial charge in [-0.3, -0.25) is 4.79 Å². The van der Waals surface area contributed by atoms with Gasteiger partial charge in [0, 0.05) is 6.54 Å². The van der Waals surface area contributed by atoms with Gasteiger partial charge in [0.2, 0.25) is 0 Å². The molecule has 44 valence electrons. The van der Waals surface area contributed by atoms with Gasteiger partial charge in [-0.1, -0.05) is 5.92 Å². The van der Waals surface area contributed by atoms with Crippen LogP contribution in [-0.4, -0.2) is 17.6 Å². The minimum atomic E-state index is -1.03. The molecule has 0 bridgehead atoms. The predicted molar refractivity (Wildman–Crippen MR) is 29.0 cm³/mol. The van der Waals surface area contributed by atoms with Crippen molar-refractivity contribution in [2.24, 2.45) is 11.7 Å². The fourth-order valence-corrected chi connectivity index (χ4v) is 0.240. The molecule has 0 saturated carbocycles. The molecule has 3 heteroatoms. The van der Waals surface area contributed by atoms with Gasteiger partial charge in [-0.2, -0.15) is 0 Å². The summed E-state index contributed by atoms with van der Waals surface area (Å²) in [4.78, 5) is 9.94. The van der Waals surface area contributed by atoms with Crippen LogP contribution >= 0.6 is 0 Å². The summed E-state index contributed by atoms with van der Waals surface area (Å²) < 4.78 is 0. The molecule has 1 atom stereocenters. The highest BCUT2D eigenvalue weighted by atomic mass is 16.4. The highest BCUT2D eigenvalue weighted by Crippen LogP contribution is 1.87. The number of nitrogens with two attached hydrogens (primary N) is 1. The van der Waals surface area contributed by atoms with Crippen molar-refractivity contribution < 1.29 is 9.90 Å². The van der Waals surface area contributed by atoms with E-state index >= 15 is 0 Å². The number of carboxylic acids is 1. The van der Waals surface area contributed by atoms with Gasteiger partial charge in [-0.25, -0.2) is 0 Å². The van der Waals surface area contributed by atoms with Crippen LogP contribution in [0.5, 0.6) is 0 Å². The van der Waals surface area contributed by atoms with E-state index in [1.165, 1.54) is 0 Å². The number of rotatable bonds is 2. The Kier molecular flexibility index (Phi) is 2.67. The van der Waals surface area contributed by atoms with Crippen molar-refractivity contribution in [1.29, 1.82) is 0 Å². The summed E-state index contributed by atoms with van der Waals surface area (Å²) in [6, 6.07) is 0. The van der Waals surface area contributed by atoms with Crippen molar-refractivity contribution in [1.82, 2.24) is 0 Å². The van der Waals surface area contributed by atoms with Crippen molar-refractivity contribution in [3.05, 3.63) is 0 Å². The molecule has 0 aliphatic carbocycles. The molecule has 3 N–H and O–H groups in total. The Balaban J connectivity index is 3.76. The van der Waals surface area contributed by atoms with E-state index in [0.29, 0.717) is 0 Å². The average molecular weight is 113 g/mol.